The van der Waals surface area contributed by atoms with E-state index in [0.717, 1.165) is 36.9 Å². The van der Waals surface area contributed by atoms with Crippen LogP contribution in [0.4, 0.5) is 5.69 Å². The van der Waals surface area contributed by atoms with Crippen LogP contribution in [-0.4, -0.2) is 69.7 Å². The Bertz CT molecular complexity index is 744. The Kier molecular flexibility index (Phi) is 7.25. The molecule has 0 spiro atoms. The van der Waals surface area contributed by atoms with E-state index >= 15 is 0 Å². The van der Waals surface area contributed by atoms with Crippen molar-refractivity contribution in [3.63, 3.8) is 0 Å². The van der Waals surface area contributed by atoms with Crippen molar-refractivity contribution in [1.29, 1.82) is 0 Å². The third-order valence-corrected chi connectivity index (χ3v) is 5.05. The van der Waals surface area contributed by atoms with Crippen molar-refractivity contribution in [2.24, 2.45) is 0 Å². The molecule has 0 bridgehead atoms. The largest absolute Gasteiger partial charge is 0.493 e. The average molecular weight is 407 g/mol. The molecule has 6 nitrogen and oxygen atoms in total. The first kappa shape index (κ1) is 20.6. The molecule has 0 radical (unpaired) electrons. The van der Waals surface area contributed by atoms with Crippen molar-refractivity contribution in [2.75, 3.05) is 58.5 Å². The maximum Gasteiger partial charge on any atom is 0.203 e. The number of benzene rings is 2. The van der Waals surface area contributed by atoms with Crippen molar-refractivity contribution < 1.29 is 19.3 Å². The minimum absolute atomic E-state index is 0.172. The first-order valence-electron chi connectivity index (χ1n) is 9.35. The summed E-state index contributed by atoms with van der Waals surface area (Å²) in [4.78, 5) is 4.56. The van der Waals surface area contributed by atoms with Gasteiger partial charge in [-0.25, -0.2) is 0 Å². The van der Waals surface area contributed by atoms with Crippen LogP contribution in [0.3, 0.4) is 0 Å². The van der Waals surface area contributed by atoms with Crippen LogP contribution in [0.1, 0.15) is 0 Å². The Balaban J connectivity index is 1.48. The monoisotopic (exact) mass is 406 g/mol. The summed E-state index contributed by atoms with van der Waals surface area (Å²) in [7, 11) is 3.16. The molecule has 152 valence electrons. The summed E-state index contributed by atoms with van der Waals surface area (Å²) >= 11 is 6.09. The molecule has 2 aromatic rings. The molecule has 1 saturated heterocycles. The molecule has 28 heavy (non-hydrogen) atoms. The molecule has 3 rings (SSSR count). The highest BCUT2D eigenvalue weighted by Crippen LogP contribution is 2.36. The number of nitrogens with zero attached hydrogens (tertiary/aromatic N) is 2. The average Bonchev–Trinajstić information content (AvgIpc) is 2.72. The van der Waals surface area contributed by atoms with E-state index < -0.39 is 6.10 Å². The zero-order valence-electron chi connectivity index (χ0n) is 16.3. The number of β-amino-alcohol motifs (C(OH)–C–C–N with tert-alkyl or cyclic N) is 1. The van der Waals surface area contributed by atoms with E-state index in [-0.39, 0.29) is 6.61 Å². The lowest BCUT2D eigenvalue weighted by Crippen LogP contribution is -2.49. The summed E-state index contributed by atoms with van der Waals surface area (Å²) in [5.74, 6) is 1.68. The van der Waals surface area contributed by atoms with Gasteiger partial charge in [-0.05, 0) is 30.3 Å². The number of ether oxygens (including phenoxy) is 3. The van der Waals surface area contributed by atoms with Crippen molar-refractivity contribution in [3.05, 3.63) is 47.5 Å². The van der Waals surface area contributed by atoms with E-state index in [1.807, 2.05) is 24.3 Å². The number of aliphatic hydroxyl groups is 1. The topological polar surface area (TPSA) is 54.4 Å². The van der Waals surface area contributed by atoms with Crippen molar-refractivity contribution in [3.8, 4) is 17.2 Å². The third kappa shape index (κ3) is 5.22. The number of hydrogen-bond acceptors (Lipinski definition) is 6. The van der Waals surface area contributed by atoms with Crippen molar-refractivity contribution in [2.45, 2.75) is 6.10 Å². The zero-order valence-corrected chi connectivity index (χ0v) is 17.1. The number of halogens is 1. The third-order valence-electron chi connectivity index (χ3n) is 4.82. The summed E-state index contributed by atoms with van der Waals surface area (Å²) in [6.07, 6.45) is -0.604. The van der Waals surface area contributed by atoms with Gasteiger partial charge in [0.2, 0.25) is 5.75 Å². The molecule has 1 fully saturated rings. The number of rotatable bonds is 8. The van der Waals surface area contributed by atoms with Gasteiger partial charge < -0.3 is 24.2 Å². The van der Waals surface area contributed by atoms with Crippen molar-refractivity contribution >= 4 is 17.3 Å². The van der Waals surface area contributed by atoms with Crippen LogP contribution in [-0.2, 0) is 0 Å². The molecule has 1 atom stereocenters. The molecule has 0 aromatic heterocycles. The predicted molar refractivity (Wildman–Crippen MR) is 111 cm³/mol. The molecule has 1 N–H and O–H groups in total. The number of para-hydroxylation sites is 1. The standard InChI is InChI=1S/C21H27ClN2O4/c1-26-19-7-4-8-20(27-2)21(19)28-15-18(25)14-23-9-11-24(12-10-23)17-6-3-5-16(22)13-17/h3-8,13,18,25H,9-12,14-15H2,1-2H3/t18-/m1/s1. The molecule has 0 aliphatic carbocycles. The summed E-state index contributed by atoms with van der Waals surface area (Å²) in [6.45, 7) is 4.28. The molecule has 0 unspecified atom stereocenters. The van der Waals surface area contributed by atoms with E-state index in [9.17, 15) is 5.11 Å². The van der Waals surface area contributed by atoms with E-state index in [1.54, 1.807) is 26.4 Å². The van der Waals surface area contributed by atoms with Crippen LogP contribution >= 0.6 is 11.6 Å². The number of aliphatic hydroxyl groups excluding tert-OH is 1. The Morgan fingerprint density at radius 2 is 1.64 bits per heavy atom. The number of piperazine rings is 1. The fourth-order valence-electron chi connectivity index (χ4n) is 3.35. The fourth-order valence-corrected chi connectivity index (χ4v) is 3.54. The van der Waals surface area contributed by atoms with Crippen LogP contribution in [0, 0.1) is 0 Å². The second-order valence-electron chi connectivity index (χ2n) is 6.72. The van der Waals surface area contributed by atoms with E-state index in [1.165, 1.54) is 0 Å². The van der Waals surface area contributed by atoms with Gasteiger partial charge in [-0.1, -0.05) is 23.7 Å². The van der Waals surface area contributed by atoms with Crippen LogP contribution in [0.2, 0.25) is 5.02 Å². The van der Waals surface area contributed by atoms with E-state index in [4.69, 9.17) is 25.8 Å². The molecule has 0 saturated carbocycles. The molecule has 1 aliphatic heterocycles. The molecular weight excluding hydrogens is 380 g/mol. The smallest absolute Gasteiger partial charge is 0.203 e. The van der Waals surface area contributed by atoms with Gasteiger partial charge in [0.25, 0.3) is 0 Å². The van der Waals surface area contributed by atoms with E-state index in [2.05, 4.69) is 15.9 Å². The normalized spacial score (nSPS) is 15.9. The molecular formula is C21H27ClN2O4. The summed E-state index contributed by atoms with van der Waals surface area (Å²) in [5.41, 5.74) is 1.14. The van der Waals surface area contributed by atoms with E-state index in [0.29, 0.717) is 23.8 Å². The lowest BCUT2D eigenvalue weighted by molar-refractivity contribution is 0.0643. The molecule has 1 aliphatic rings. The van der Waals surface area contributed by atoms with Crippen LogP contribution in [0.5, 0.6) is 17.2 Å². The van der Waals surface area contributed by atoms with Crippen LogP contribution in [0.15, 0.2) is 42.5 Å². The zero-order chi connectivity index (χ0) is 19.9. The molecule has 7 heteroatoms. The highest BCUT2D eigenvalue weighted by molar-refractivity contribution is 6.30. The van der Waals surface area contributed by atoms with Gasteiger partial charge in [0, 0.05) is 43.4 Å². The number of anilines is 1. The molecule has 0 amide bonds. The Morgan fingerprint density at radius 1 is 1.00 bits per heavy atom. The van der Waals surface area contributed by atoms with Gasteiger partial charge >= 0.3 is 0 Å². The van der Waals surface area contributed by atoms with Crippen LogP contribution < -0.4 is 19.1 Å². The van der Waals surface area contributed by atoms with Gasteiger partial charge in [-0.3, -0.25) is 4.90 Å². The Hall–Kier alpha value is -2.15. The number of hydrogen-bond donors (Lipinski definition) is 1. The minimum Gasteiger partial charge on any atom is -0.493 e. The molecule has 2 aromatic carbocycles. The lowest BCUT2D eigenvalue weighted by atomic mass is 10.2. The lowest BCUT2D eigenvalue weighted by Gasteiger charge is -2.37. The van der Waals surface area contributed by atoms with Gasteiger partial charge in [0.15, 0.2) is 11.5 Å². The summed E-state index contributed by atoms with van der Waals surface area (Å²) < 4.78 is 16.4. The highest BCUT2D eigenvalue weighted by atomic mass is 35.5. The predicted octanol–water partition coefficient (Wildman–Crippen LogP) is 2.92. The van der Waals surface area contributed by atoms with Gasteiger partial charge in [-0.2, -0.15) is 0 Å². The first-order chi connectivity index (χ1) is 13.6. The summed E-state index contributed by atoms with van der Waals surface area (Å²) in [5, 5.41) is 11.2. The van der Waals surface area contributed by atoms with Gasteiger partial charge in [-0.15, -0.1) is 0 Å². The molecule has 1 heterocycles. The Morgan fingerprint density at radius 3 is 2.25 bits per heavy atom. The quantitative estimate of drug-likeness (QED) is 0.727. The number of methoxy groups -OCH3 is 2. The van der Waals surface area contributed by atoms with Gasteiger partial charge in [0.1, 0.15) is 12.7 Å². The first-order valence-corrected chi connectivity index (χ1v) is 9.73. The second kappa shape index (κ2) is 9.87. The van der Waals surface area contributed by atoms with Crippen molar-refractivity contribution in [1.82, 2.24) is 4.90 Å². The fraction of sp³-hybridized carbons (Fsp3) is 0.429. The van der Waals surface area contributed by atoms with Gasteiger partial charge in [0.05, 0.1) is 14.2 Å². The highest BCUT2D eigenvalue weighted by Gasteiger charge is 2.21. The SMILES string of the molecule is COc1cccc(OC)c1OC[C@H](O)CN1CCN(c2cccc(Cl)c2)CC1. The minimum atomic E-state index is -0.604. The summed E-state index contributed by atoms with van der Waals surface area (Å²) in [6, 6.07) is 13.4. The maximum atomic E-state index is 10.4. The van der Waals surface area contributed by atoms with Crippen LogP contribution in [0.25, 0.3) is 0 Å². The second-order valence-corrected chi connectivity index (χ2v) is 7.16. The maximum absolute atomic E-state index is 10.4. The Labute approximate surface area is 171 Å².